The maximum absolute atomic E-state index is 13.7. The molecule has 1 atom stereocenters. The van der Waals surface area contributed by atoms with Crippen molar-refractivity contribution in [3.05, 3.63) is 95.2 Å². The van der Waals surface area contributed by atoms with E-state index < -0.39 is 0 Å². The molecule has 166 valence electrons. The van der Waals surface area contributed by atoms with Crippen LogP contribution in [0.3, 0.4) is 0 Å². The van der Waals surface area contributed by atoms with Crippen molar-refractivity contribution in [3.63, 3.8) is 0 Å². The van der Waals surface area contributed by atoms with Crippen LogP contribution in [0, 0.1) is 0 Å². The first-order valence-corrected chi connectivity index (χ1v) is 12.3. The predicted molar refractivity (Wildman–Crippen MR) is 137 cm³/mol. The van der Waals surface area contributed by atoms with Gasteiger partial charge in [-0.1, -0.05) is 43.3 Å². The summed E-state index contributed by atoms with van der Waals surface area (Å²) in [5.41, 5.74) is 6.45. The number of rotatable bonds is 5. The summed E-state index contributed by atoms with van der Waals surface area (Å²) >= 11 is 1.70. The predicted octanol–water partition coefficient (Wildman–Crippen LogP) is 6.25. The second kappa shape index (κ2) is 8.79. The molecule has 1 aliphatic heterocycles. The molecule has 1 amide bonds. The maximum Gasteiger partial charge on any atom is 0.255 e. The van der Waals surface area contributed by atoms with Gasteiger partial charge in [-0.3, -0.25) is 9.36 Å². The minimum atomic E-state index is -0.292. The zero-order valence-electron chi connectivity index (χ0n) is 18.9. The van der Waals surface area contributed by atoms with Crippen molar-refractivity contribution in [2.75, 3.05) is 16.9 Å². The third-order valence-electron chi connectivity index (χ3n) is 6.13. The average molecular weight is 455 g/mol. The minimum absolute atomic E-state index is 0.119. The van der Waals surface area contributed by atoms with Gasteiger partial charge in [-0.2, -0.15) is 0 Å². The average Bonchev–Trinajstić information content (AvgIpc) is 3.21. The monoisotopic (exact) mass is 454 g/mol. The highest BCUT2D eigenvalue weighted by Crippen LogP contribution is 2.39. The lowest BCUT2D eigenvalue weighted by Gasteiger charge is -2.31. The first-order valence-electron chi connectivity index (χ1n) is 11.1. The van der Waals surface area contributed by atoms with E-state index in [0.29, 0.717) is 5.57 Å². The fourth-order valence-corrected chi connectivity index (χ4v) is 4.79. The summed E-state index contributed by atoms with van der Waals surface area (Å²) in [6, 6.07) is 24.2. The fourth-order valence-electron chi connectivity index (χ4n) is 4.38. The SMILES string of the molecule is CCc1ccc(NC(=O)C2=C(C)Nc3nc4ccccc4n3C2c2ccc(SC)cc2)cc1. The van der Waals surface area contributed by atoms with Crippen LogP contribution in [0.15, 0.2) is 89.0 Å². The molecule has 4 aromatic rings. The van der Waals surface area contributed by atoms with E-state index in [4.69, 9.17) is 4.98 Å². The number of carbonyl (C=O) groups excluding carboxylic acids is 1. The summed E-state index contributed by atoms with van der Waals surface area (Å²) in [5, 5.41) is 6.49. The number of para-hydroxylation sites is 2. The highest BCUT2D eigenvalue weighted by atomic mass is 32.2. The summed E-state index contributed by atoms with van der Waals surface area (Å²) in [6.45, 7) is 4.07. The van der Waals surface area contributed by atoms with Crippen LogP contribution in [0.4, 0.5) is 11.6 Å². The highest BCUT2D eigenvalue weighted by molar-refractivity contribution is 7.98. The van der Waals surface area contributed by atoms with E-state index in [1.165, 1.54) is 10.5 Å². The van der Waals surface area contributed by atoms with Crippen LogP contribution in [0.1, 0.15) is 31.0 Å². The van der Waals surface area contributed by atoms with E-state index in [1.54, 1.807) is 11.8 Å². The van der Waals surface area contributed by atoms with Crippen LogP contribution >= 0.6 is 11.8 Å². The molecule has 5 rings (SSSR count). The molecule has 33 heavy (non-hydrogen) atoms. The molecule has 2 N–H and O–H groups in total. The molecule has 1 aromatic heterocycles. The lowest BCUT2D eigenvalue weighted by molar-refractivity contribution is -0.113. The molecule has 6 heteroatoms. The van der Waals surface area contributed by atoms with Gasteiger partial charge in [0.2, 0.25) is 5.95 Å². The second-order valence-electron chi connectivity index (χ2n) is 8.14. The van der Waals surface area contributed by atoms with Crippen molar-refractivity contribution in [2.45, 2.75) is 31.2 Å². The number of carbonyl (C=O) groups is 1. The Labute approximate surface area is 197 Å². The van der Waals surface area contributed by atoms with Gasteiger partial charge in [0, 0.05) is 16.3 Å². The molecular weight excluding hydrogens is 428 g/mol. The number of allylic oxidation sites excluding steroid dienone is 1. The van der Waals surface area contributed by atoms with Gasteiger partial charge in [-0.25, -0.2) is 4.98 Å². The van der Waals surface area contributed by atoms with Gasteiger partial charge < -0.3 is 10.6 Å². The summed E-state index contributed by atoms with van der Waals surface area (Å²) in [4.78, 5) is 19.6. The Morgan fingerprint density at radius 3 is 2.48 bits per heavy atom. The molecular formula is C27H26N4OS. The van der Waals surface area contributed by atoms with Crippen LogP contribution in [0.25, 0.3) is 11.0 Å². The van der Waals surface area contributed by atoms with Crippen LogP contribution in [-0.4, -0.2) is 21.7 Å². The number of nitrogens with one attached hydrogen (secondary N) is 2. The Morgan fingerprint density at radius 2 is 1.79 bits per heavy atom. The van der Waals surface area contributed by atoms with Gasteiger partial charge in [0.25, 0.3) is 5.91 Å². The number of amides is 1. The Morgan fingerprint density at radius 1 is 1.06 bits per heavy atom. The minimum Gasteiger partial charge on any atom is -0.329 e. The van der Waals surface area contributed by atoms with Crippen molar-refractivity contribution in [1.82, 2.24) is 9.55 Å². The molecule has 5 nitrogen and oxygen atoms in total. The lowest BCUT2D eigenvalue weighted by atomic mass is 9.94. The standard InChI is InChI=1S/C27H26N4OS/c1-4-18-9-13-20(14-10-18)29-26(32)24-17(2)28-27-30-22-7-5-6-8-23(22)31(27)25(24)19-11-15-21(33-3)16-12-19/h5-16,25H,4H2,1-3H3,(H,28,30)(H,29,32). The molecule has 3 aromatic carbocycles. The number of hydrogen-bond acceptors (Lipinski definition) is 4. The number of hydrogen-bond donors (Lipinski definition) is 2. The number of aromatic nitrogens is 2. The van der Waals surface area contributed by atoms with Gasteiger partial charge in [0.05, 0.1) is 22.6 Å². The van der Waals surface area contributed by atoms with E-state index in [0.717, 1.165) is 40.4 Å². The number of imidazole rings is 1. The van der Waals surface area contributed by atoms with Crippen molar-refractivity contribution in [2.24, 2.45) is 0 Å². The largest absolute Gasteiger partial charge is 0.329 e. The lowest BCUT2D eigenvalue weighted by Crippen LogP contribution is -2.30. The third-order valence-corrected chi connectivity index (χ3v) is 6.87. The van der Waals surface area contributed by atoms with Crippen LogP contribution in [0.2, 0.25) is 0 Å². The van der Waals surface area contributed by atoms with Crippen LogP contribution in [-0.2, 0) is 11.2 Å². The first-order chi connectivity index (χ1) is 16.1. The molecule has 0 fully saturated rings. The van der Waals surface area contributed by atoms with Gasteiger partial charge in [-0.15, -0.1) is 11.8 Å². The van der Waals surface area contributed by atoms with Gasteiger partial charge in [-0.05, 0) is 67.1 Å². The Balaban J connectivity index is 1.61. The molecule has 0 saturated carbocycles. The first kappa shape index (κ1) is 21.3. The van der Waals surface area contributed by atoms with E-state index in [9.17, 15) is 4.79 Å². The molecule has 0 spiro atoms. The number of aryl methyl sites for hydroxylation is 1. The zero-order valence-corrected chi connectivity index (χ0v) is 19.7. The Bertz CT molecular complexity index is 1350. The molecule has 0 bridgehead atoms. The quantitative estimate of drug-likeness (QED) is 0.350. The second-order valence-corrected chi connectivity index (χ2v) is 9.02. The van der Waals surface area contributed by atoms with Crippen LogP contribution < -0.4 is 10.6 Å². The highest BCUT2D eigenvalue weighted by Gasteiger charge is 2.34. The molecule has 0 aliphatic carbocycles. The summed E-state index contributed by atoms with van der Waals surface area (Å²) < 4.78 is 2.13. The number of benzene rings is 3. The van der Waals surface area contributed by atoms with E-state index in [-0.39, 0.29) is 11.9 Å². The normalized spacial score (nSPS) is 15.3. The Kier molecular flexibility index (Phi) is 5.68. The Hall–Kier alpha value is -3.51. The molecule has 0 saturated heterocycles. The zero-order chi connectivity index (χ0) is 22.9. The van der Waals surface area contributed by atoms with E-state index >= 15 is 0 Å². The van der Waals surface area contributed by atoms with Gasteiger partial charge in [0.1, 0.15) is 0 Å². The summed E-state index contributed by atoms with van der Waals surface area (Å²) in [5.74, 6) is 0.628. The van der Waals surface area contributed by atoms with E-state index in [2.05, 4.69) is 70.8 Å². The third kappa shape index (κ3) is 3.91. The molecule has 0 radical (unpaired) electrons. The molecule has 1 unspecified atom stereocenters. The number of nitrogens with zero attached hydrogens (tertiary/aromatic N) is 2. The van der Waals surface area contributed by atoms with Gasteiger partial charge in [0.15, 0.2) is 0 Å². The van der Waals surface area contributed by atoms with Crippen molar-refractivity contribution < 1.29 is 4.79 Å². The van der Waals surface area contributed by atoms with Gasteiger partial charge >= 0.3 is 0 Å². The fraction of sp³-hybridized carbons (Fsp3) is 0.185. The maximum atomic E-state index is 13.7. The smallest absolute Gasteiger partial charge is 0.255 e. The number of anilines is 2. The molecule has 1 aliphatic rings. The number of fused-ring (bicyclic) bond motifs is 3. The summed E-state index contributed by atoms with van der Waals surface area (Å²) in [7, 11) is 0. The van der Waals surface area contributed by atoms with E-state index in [1.807, 2.05) is 37.3 Å². The van der Waals surface area contributed by atoms with Crippen LogP contribution in [0.5, 0.6) is 0 Å². The van der Waals surface area contributed by atoms with Crippen molar-refractivity contribution in [3.8, 4) is 0 Å². The summed E-state index contributed by atoms with van der Waals surface area (Å²) in [6.07, 6.45) is 3.03. The topological polar surface area (TPSA) is 59.0 Å². The van der Waals surface area contributed by atoms with Crippen molar-refractivity contribution in [1.29, 1.82) is 0 Å². The number of thioether (sulfide) groups is 1. The van der Waals surface area contributed by atoms with Crippen molar-refractivity contribution >= 4 is 40.3 Å². The molecule has 2 heterocycles.